The lowest BCUT2D eigenvalue weighted by atomic mass is 9.48. The van der Waals surface area contributed by atoms with E-state index in [0.717, 1.165) is 23.4 Å². The molecule has 4 saturated carbocycles. The van der Waals surface area contributed by atoms with Gasteiger partial charge in [0.15, 0.2) is 0 Å². The third kappa shape index (κ3) is 3.34. The van der Waals surface area contributed by atoms with Crippen molar-refractivity contribution in [3.63, 3.8) is 0 Å². The van der Waals surface area contributed by atoms with Crippen LogP contribution in [0.25, 0.3) is 0 Å². The molecule has 0 unspecified atom stereocenters. The summed E-state index contributed by atoms with van der Waals surface area (Å²) in [5.74, 6) is 2.23. The standard InChI is InChI=1S/C22H24N4O3/c27-21(25-24-18-1-3-19(4-2-18)26(28)29)17-5-6-23-20(10-17)22-11-14-7-15(12-22)9-16(8-14)13-22/h1-6,10,14-16,24H,7-9,11-13H2,(H,25,27). The summed E-state index contributed by atoms with van der Waals surface area (Å²) in [6.07, 6.45) is 9.48. The first kappa shape index (κ1) is 18.1. The summed E-state index contributed by atoms with van der Waals surface area (Å²) in [5.41, 5.74) is 7.89. The monoisotopic (exact) mass is 392 g/mol. The zero-order chi connectivity index (χ0) is 20.0. The highest BCUT2D eigenvalue weighted by Gasteiger charge is 2.52. The van der Waals surface area contributed by atoms with E-state index in [4.69, 9.17) is 4.98 Å². The summed E-state index contributed by atoms with van der Waals surface area (Å²) in [4.78, 5) is 27.6. The molecule has 7 nitrogen and oxygen atoms in total. The number of carbonyl (C=O) groups excluding carboxylic acids is 1. The SMILES string of the molecule is O=C(NNc1ccc([N+](=O)[O-])cc1)c1ccnc(C23CC4CC(CC(C4)C2)C3)c1. The van der Waals surface area contributed by atoms with Gasteiger partial charge in [0, 0.05) is 35.0 Å². The Bertz CT molecular complexity index is 922. The first-order chi connectivity index (χ1) is 14.0. The molecule has 2 N–H and O–H groups in total. The topological polar surface area (TPSA) is 97.2 Å². The van der Waals surface area contributed by atoms with Crippen LogP contribution in [-0.2, 0) is 5.41 Å². The van der Waals surface area contributed by atoms with Gasteiger partial charge < -0.3 is 0 Å². The number of hydrogen-bond donors (Lipinski definition) is 2. The molecule has 4 aliphatic carbocycles. The van der Waals surface area contributed by atoms with Gasteiger partial charge in [-0.3, -0.25) is 30.7 Å². The van der Waals surface area contributed by atoms with Crippen LogP contribution in [0.1, 0.15) is 54.6 Å². The zero-order valence-corrected chi connectivity index (χ0v) is 16.1. The van der Waals surface area contributed by atoms with Gasteiger partial charge in [-0.15, -0.1) is 0 Å². The number of benzene rings is 1. The number of rotatable bonds is 5. The van der Waals surface area contributed by atoms with Gasteiger partial charge in [0.1, 0.15) is 0 Å². The Morgan fingerprint density at radius 2 is 1.66 bits per heavy atom. The Kier molecular flexibility index (Phi) is 4.26. The number of aromatic nitrogens is 1. The van der Waals surface area contributed by atoms with Gasteiger partial charge >= 0.3 is 0 Å². The molecule has 0 spiro atoms. The molecule has 4 bridgehead atoms. The molecule has 29 heavy (non-hydrogen) atoms. The lowest BCUT2D eigenvalue weighted by Gasteiger charge is -2.56. The number of hydrazine groups is 1. The van der Waals surface area contributed by atoms with E-state index < -0.39 is 4.92 Å². The predicted molar refractivity (Wildman–Crippen MR) is 108 cm³/mol. The molecule has 1 aromatic heterocycles. The molecule has 2 aromatic rings. The van der Waals surface area contributed by atoms with Gasteiger partial charge in [-0.05, 0) is 80.5 Å². The minimum Gasteiger partial charge on any atom is -0.298 e. The molecule has 6 rings (SSSR count). The van der Waals surface area contributed by atoms with Crippen LogP contribution in [0.3, 0.4) is 0 Å². The Morgan fingerprint density at radius 1 is 1.03 bits per heavy atom. The summed E-state index contributed by atoms with van der Waals surface area (Å²) in [7, 11) is 0. The summed E-state index contributed by atoms with van der Waals surface area (Å²) >= 11 is 0. The molecule has 0 aliphatic heterocycles. The van der Waals surface area contributed by atoms with Gasteiger partial charge in [0.05, 0.1) is 10.6 Å². The molecule has 4 fully saturated rings. The minimum absolute atomic E-state index is 0.0104. The van der Waals surface area contributed by atoms with E-state index in [-0.39, 0.29) is 17.0 Å². The Labute approximate surface area is 169 Å². The van der Waals surface area contributed by atoms with E-state index in [1.54, 1.807) is 24.4 Å². The van der Waals surface area contributed by atoms with E-state index >= 15 is 0 Å². The second-order valence-electron chi connectivity index (χ2n) is 9.01. The van der Waals surface area contributed by atoms with Crippen LogP contribution in [-0.4, -0.2) is 15.8 Å². The van der Waals surface area contributed by atoms with Crippen LogP contribution in [0.4, 0.5) is 11.4 Å². The summed E-state index contributed by atoms with van der Waals surface area (Å²) in [6, 6.07) is 9.60. The van der Waals surface area contributed by atoms with E-state index in [1.165, 1.54) is 50.7 Å². The Morgan fingerprint density at radius 3 is 2.24 bits per heavy atom. The average Bonchev–Trinajstić information content (AvgIpc) is 2.71. The van der Waals surface area contributed by atoms with Gasteiger partial charge in [0.2, 0.25) is 0 Å². The van der Waals surface area contributed by atoms with E-state index in [9.17, 15) is 14.9 Å². The van der Waals surface area contributed by atoms with Crippen LogP contribution in [0.15, 0.2) is 42.6 Å². The molecule has 1 aromatic carbocycles. The van der Waals surface area contributed by atoms with Crippen molar-refractivity contribution in [3.05, 3.63) is 64.0 Å². The molecule has 0 radical (unpaired) electrons. The van der Waals surface area contributed by atoms with Crippen LogP contribution in [0.5, 0.6) is 0 Å². The summed E-state index contributed by atoms with van der Waals surface area (Å²) < 4.78 is 0. The number of anilines is 1. The van der Waals surface area contributed by atoms with Crippen molar-refractivity contribution < 1.29 is 9.72 Å². The normalized spacial score (nSPS) is 29.4. The number of nitro groups is 1. The van der Waals surface area contributed by atoms with Gasteiger partial charge in [-0.2, -0.15) is 0 Å². The minimum atomic E-state index is -0.453. The van der Waals surface area contributed by atoms with Crippen molar-refractivity contribution in [3.8, 4) is 0 Å². The van der Waals surface area contributed by atoms with Gasteiger partial charge in [0.25, 0.3) is 11.6 Å². The first-order valence-corrected chi connectivity index (χ1v) is 10.3. The van der Waals surface area contributed by atoms with Crippen LogP contribution in [0, 0.1) is 27.9 Å². The number of non-ortho nitro benzene ring substituents is 1. The molecule has 0 atom stereocenters. The molecule has 1 amide bonds. The lowest BCUT2D eigenvalue weighted by Crippen LogP contribution is -2.49. The number of nitrogens with one attached hydrogen (secondary N) is 2. The van der Waals surface area contributed by atoms with Crippen LogP contribution in [0.2, 0.25) is 0 Å². The molecule has 1 heterocycles. The lowest BCUT2D eigenvalue weighted by molar-refractivity contribution is -0.384. The van der Waals surface area contributed by atoms with Crippen molar-refractivity contribution in [1.29, 1.82) is 0 Å². The Balaban J connectivity index is 1.29. The maximum absolute atomic E-state index is 12.7. The molecule has 4 aliphatic rings. The van der Waals surface area contributed by atoms with Gasteiger partial charge in [-0.1, -0.05) is 0 Å². The van der Waals surface area contributed by atoms with Crippen LogP contribution < -0.4 is 10.9 Å². The second-order valence-corrected chi connectivity index (χ2v) is 9.01. The predicted octanol–water partition coefficient (Wildman–Crippen LogP) is 4.21. The third-order valence-electron chi connectivity index (χ3n) is 7.00. The molecule has 7 heteroatoms. The number of carbonyl (C=O) groups is 1. The quantitative estimate of drug-likeness (QED) is 0.587. The molecular weight excluding hydrogens is 368 g/mol. The summed E-state index contributed by atoms with van der Waals surface area (Å²) in [5, 5.41) is 10.7. The second kappa shape index (κ2) is 6.83. The molecule has 0 saturated heterocycles. The van der Waals surface area contributed by atoms with Crippen molar-refractivity contribution in [2.45, 2.75) is 43.9 Å². The van der Waals surface area contributed by atoms with Crippen molar-refractivity contribution >= 4 is 17.3 Å². The highest BCUT2D eigenvalue weighted by Crippen LogP contribution is 2.60. The van der Waals surface area contributed by atoms with E-state index in [2.05, 4.69) is 10.9 Å². The molecular formula is C22H24N4O3. The highest BCUT2D eigenvalue weighted by atomic mass is 16.6. The number of nitrogens with zero attached hydrogens (tertiary/aromatic N) is 2. The third-order valence-corrected chi connectivity index (χ3v) is 7.00. The maximum atomic E-state index is 12.7. The summed E-state index contributed by atoms with van der Waals surface area (Å²) in [6.45, 7) is 0. The van der Waals surface area contributed by atoms with Crippen molar-refractivity contribution in [1.82, 2.24) is 10.4 Å². The van der Waals surface area contributed by atoms with E-state index in [1.807, 2.05) is 6.07 Å². The van der Waals surface area contributed by atoms with Crippen molar-refractivity contribution in [2.75, 3.05) is 5.43 Å². The fourth-order valence-electron chi connectivity index (χ4n) is 6.15. The van der Waals surface area contributed by atoms with Crippen LogP contribution >= 0.6 is 0 Å². The van der Waals surface area contributed by atoms with E-state index in [0.29, 0.717) is 11.3 Å². The number of pyridine rings is 1. The first-order valence-electron chi connectivity index (χ1n) is 10.3. The zero-order valence-electron chi connectivity index (χ0n) is 16.1. The fraction of sp³-hybridized carbons (Fsp3) is 0.455. The van der Waals surface area contributed by atoms with Crippen molar-refractivity contribution in [2.24, 2.45) is 17.8 Å². The number of nitro benzene ring substituents is 1. The maximum Gasteiger partial charge on any atom is 0.269 e. The smallest absolute Gasteiger partial charge is 0.269 e. The fourth-order valence-corrected chi connectivity index (χ4v) is 6.15. The highest BCUT2D eigenvalue weighted by molar-refractivity contribution is 5.94. The Hall–Kier alpha value is -2.96. The molecule has 150 valence electrons. The largest absolute Gasteiger partial charge is 0.298 e. The average molecular weight is 392 g/mol. The van der Waals surface area contributed by atoms with Gasteiger partial charge in [-0.25, -0.2) is 0 Å². The number of amides is 1. The number of hydrogen-bond acceptors (Lipinski definition) is 5.